The third kappa shape index (κ3) is 7.57. The van der Waals surface area contributed by atoms with E-state index in [0.717, 1.165) is 56.2 Å². The van der Waals surface area contributed by atoms with Gasteiger partial charge in [-0.1, -0.05) is 63.6 Å². The number of alkyl halides is 3. The van der Waals surface area contributed by atoms with Crippen molar-refractivity contribution in [1.82, 2.24) is 4.90 Å². The van der Waals surface area contributed by atoms with Gasteiger partial charge in [0.2, 0.25) is 0 Å². The largest absolute Gasteiger partial charge is 0.481 e. The van der Waals surface area contributed by atoms with Crippen molar-refractivity contribution in [2.45, 2.75) is 84.0 Å². The van der Waals surface area contributed by atoms with Crippen LogP contribution in [-0.4, -0.2) is 22.5 Å². The minimum Gasteiger partial charge on any atom is -0.481 e. The molecule has 192 valence electrons. The van der Waals surface area contributed by atoms with Crippen LogP contribution in [0.3, 0.4) is 0 Å². The summed E-state index contributed by atoms with van der Waals surface area (Å²) in [6.45, 7) is 7.19. The normalized spacial score (nSPS) is 20.2. The Morgan fingerprint density at radius 1 is 1.06 bits per heavy atom. The zero-order valence-corrected chi connectivity index (χ0v) is 21.0. The number of halogens is 3. The van der Waals surface area contributed by atoms with Crippen LogP contribution < -0.4 is 0 Å². The van der Waals surface area contributed by atoms with Crippen LogP contribution in [-0.2, 0) is 17.4 Å². The summed E-state index contributed by atoms with van der Waals surface area (Å²) in [5.41, 5.74) is 2.69. The van der Waals surface area contributed by atoms with E-state index in [-0.39, 0.29) is 24.4 Å². The fourth-order valence-corrected chi connectivity index (χ4v) is 5.29. The lowest BCUT2D eigenvalue weighted by Crippen LogP contribution is -2.40. The van der Waals surface area contributed by atoms with Crippen LogP contribution in [0.4, 0.5) is 13.2 Å². The Labute approximate surface area is 207 Å². The summed E-state index contributed by atoms with van der Waals surface area (Å²) < 4.78 is 39.6. The van der Waals surface area contributed by atoms with Crippen LogP contribution in [0.1, 0.15) is 93.6 Å². The predicted octanol–water partition coefficient (Wildman–Crippen LogP) is 8.06. The third-order valence-corrected chi connectivity index (χ3v) is 7.16. The molecule has 0 radical (unpaired) electrons. The van der Waals surface area contributed by atoms with Crippen LogP contribution in [0.5, 0.6) is 0 Å². The van der Waals surface area contributed by atoms with E-state index in [4.69, 9.17) is 0 Å². The number of rotatable bonds is 10. The van der Waals surface area contributed by atoms with Gasteiger partial charge in [0.1, 0.15) is 0 Å². The van der Waals surface area contributed by atoms with E-state index in [2.05, 4.69) is 49.9 Å². The van der Waals surface area contributed by atoms with E-state index in [1.165, 1.54) is 17.7 Å². The number of carboxylic acids is 1. The summed E-state index contributed by atoms with van der Waals surface area (Å²) in [5.74, 6) is -0.217. The number of aryl methyl sites for hydroxylation is 1. The molecule has 1 N–H and O–H groups in total. The highest BCUT2D eigenvalue weighted by Crippen LogP contribution is 2.43. The molecule has 1 heterocycles. The fraction of sp³-hybridized carbons (Fsp3) is 0.552. The first-order valence-corrected chi connectivity index (χ1v) is 12.8. The number of piperidine rings is 1. The average molecular weight is 490 g/mol. The van der Waals surface area contributed by atoms with Crippen molar-refractivity contribution >= 4 is 5.97 Å². The fourth-order valence-electron chi connectivity index (χ4n) is 5.29. The number of hydrogen-bond donors (Lipinski definition) is 1. The Bertz CT molecular complexity index is 938. The van der Waals surface area contributed by atoms with Gasteiger partial charge in [-0.15, -0.1) is 0 Å². The second-order valence-corrected chi connectivity index (χ2v) is 10.3. The highest BCUT2D eigenvalue weighted by Gasteiger charge is 2.36. The molecule has 6 heteroatoms. The Morgan fingerprint density at radius 3 is 2.26 bits per heavy atom. The van der Waals surface area contributed by atoms with Gasteiger partial charge in [0.05, 0.1) is 5.56 Å². The van der Waals surface area contributed by atoms with Crippen molar-refractivity contribution in [3.63, 3.8) is 0 Å². The van der Waals surface area contributed by atoms with Crippen LogP contribution in [0.25, 0.3) is 0 Å². The third-order valence-electron chi connectivity index (χ3n) is 7.16. The van der Waals surface area contributed by atoms with E-state index >= 15 is 0 Å². The van der Waals surface area contributed by atoms with E-state index in [0.29, 0.717) is 5.92 Å². The topological polar surface area (TPSA) is 40.5 Å². The van der Waals surface area contributed by atoms with Gasteiger partial charge in [-0.3, -0.25) is 9.69 Å². The first-order chi connectivity index (χ1) is 16.6. The number of aliphatic carboxylic acids is 1. The van der Waals surface area contributed by atoms with Gasteiger partial charge in [0.25, 0.3) is 0 Å². The maximum atomic E-state index is 13.2. The number of nitrogens with zero attached hydrogens (tertiary/aromatic N) is 1. The lowest BCUT2D eigenvalue weighted by atomic mass is 9.82. The highest BCUT2D eigenvalue weighted by atomic mass is 19.4. The van der Waals surface area contributed by atoms with Crippen molar-refractivity contribution in [2.75, 3.05) is 6.54 Å². The average Bonchev–Trinajstić information content (AvgIpc) is 2.80. The summed E-state index contributed by atoms with van der Waals surface area (Å²) in [5, 5.41) is 9.40. The molecule has 2 aromatic rings. The van der Waals surface area contributed by atoms with Crippen molar-refractivity contribution in [1.29, 1.82) is 0 Å². The monoisotopic (exact) mass is 489 g/mol. The molecular weight excluding hydrogens is 451 g/mol. The molecule has 0 amide bonds. The highest BCUT2D eigenvalue weighted by molar-refractivity contribution is 5.67. The Hall–Kier alpha value is -2.34. The summed E-state index contributed by atoms with van der Waals surface area (Å²) in [7, 11) is 0. The molecule has 0 aliphatic carbocycles. The molecule has 0 saturated carbocycles. The SMILES string of the molecule is CCCc1ccc([C@@H]2CC(CC(=O)O)CCN2[C@H](CCC(C)C)c2ccc(C(F)(F)F)cc2)cc1. The van der Waals surface area contributed by atoms with Crippen LogP contribution in [0.15, 0.2) is 48.5 Å². The zero-order chi connectivity index (χ0) is 25.6. The van der Waals surface area contributed by atoms with Gasteiger partial charge in [0.15, 0.2) is 0 Å². The molecule has 0 aromatic heterocycles. The predicted molar refractivity (Wildman–Crippen MR) is 133 cm³/mol. The van der Waals surface area contributed by atoms with Crippen molar-refractivity contribution in [2.24, 2.45) is 11.8 Å². The van der Waals surface area contributed by atoms with Crippen LogP contribution >= 0.6 is 0 Å². The molecule has 3 rings (SSSR count). The Kier molecular flexibility index (Phi) is 9.40. The van der Waals surface area contributed by atoms with Crippen LogP contribution in [0.2, 0.25) is 0 Å². The maximum Gasteiger partial charge on any atom is 0.416 e. The summed E-state index contributed by atoms with van der Waals surface area (Å²) in [6.07, 6.45) is 1.19. The van der Waals surface area contributed by atoms with Gasteiger partial charge < -0.3 is 5.11 Å². The van der Waals surface area contributed by atoms with E-state index in [9.17, 15) is 23.1 Å². The summed E-state index contributed by atoms with van der Waals surface area (Å²) >= 11 is 0. The van der Waals surface area contributed by atoms with Gasteiger partial charge in [0, 0.05) is 18.5 Å². The second kappa shape index (κ2) is 12.1. The molecule has 35 heavy (non-hydrogen) atoms. The van der Waals surface area contributed by atoms with Gasteiger partial charge >= 0.3 is 12.1 Å². The molecule has 2 aromatic carbocycles. The van der Waals surface area contributed by atoms with E-state index in [1.54, 1.807) is 12.1 Å². The lowest BCUT2D eigenvalue weighted by molar-refractivity contribution is -0.139. The zero-order valence-electron chi connectivity index (χ0n) is 21.0. The van der Waals surface area contributed by atoms with Gasteiger partial charge in [-0.2, -0.15) is 13.2 Å². The Morgan fingerprint density at radius 2 is 1.71 bits per heavy atom. The molecule has 1 saturated heterocycles. The molecule has 3 nitrogen and oxygen atoms in total. The van der Waals surface area contributed by atoms with Crippen LogP contribution in [0, 0.1) is 11.8 Å². The summed E-state index contributed by atoms with van der Waals surface area (Å²) in [6, 6.07) is 14.2. The van der Waals surface area contributed by atoms with Crippen molar-refractivity contribution in [3.05, 3.63) is 70.8 Å². The lowest BCUT2D eigenvalue weighted by Gasteiger charge is -2.44. The standard InChI is InChI=1S/C29H38F3NO2/c1-4-5-21-7-9-24(10-8-21)27-18-22(19-28(34)35)16-17-33(27)26(15-6-20(2)3)23-11-13-25(14-12-23)29(30,31)32/h7-14,20,22,26-27H,4-6,15-19H2,1-3H3,(H,34,35)/t22?,26-,27+/m1/s1. The first-order valence-electron chi connectivity index (χ1n) is 12.8. The minimum atomic E-state index is -4.36. The molecule has 1 aliphatic heterocycles. The smallest absolute Gasteiger partial charge is 0.416 e. The van der Waals surface area contributed by atoms with E-state index < -0.39 is 17.7 Å². The number of carbonyl (C=O) groups is 1. The number of carboxylic acid groups (broad SMARTS) is 1. The second-order valence-electron chi connectivity index (χ2n) is 10.3. The molecular formula is C29H38F3NO2. The Balaban J connectivity index is 1.96. The van der Waals surface area contributed by atoms with Crippen molar-refractivity contribution < 1.29 is 23.1 Å². The van der Waals surface area contributed by atoms with E-state index in [1.807, 2.05) is 0 Å². The van der Waals surface area contributed by atoms with Crippen molar-refractivity contribution in [3.8, 4) is 0 Å². The number of hydrogen-bond acceptors (Lipinski definition) is 2. The molecule has 0 spiro atoms. The minimum absolute atomic E-state index is 0.0224. The number of benzene rings is 2. The molecule has 1 aliphatic rings. The summed E-state index contributed by atoms with van der Waals surface area (Å²) in [4.78, 5) is 13.9. The van der Waals surface area contributed by atoms with Gasteiger partial charge in [-0.25, -0.2) is 0 Å². The first kappa shape index (κ1) is 27.3. The quantitative estimate of drug-likeness (QED) is 0.367. The number of likely N-dealkylation sites (tertiary alicyclic amines) is 1. The maximum absolute atomic E-state index is 13.2. The molecule has 0 bridgehead atoms. The van der Waals surface area contributed by atoms with Gasteiger partial charge in [-0.05, 0) is 79.3 Å². The molecule has 1 unspecified atom stereocenters. The molecule has 3 atom stereocenters. The molecule has 1 fully saturated rings.